The van der Waals surface area contributed by atoms with E-state index in [1.54, 1.807) is 0 Å². The first-order valence-electron chi connectivity index (χ1n) is 4.69. The van der Waals surface area contributed by atoms with E-state index in [2.05, 4.69) is 11.3 Å². The average Bonchev–Trinajstić information content (AvgIpc) is 2.23. The molecule has 1 rings (SSSR count). The van der Waals surface area contributed by atoms with Gasteiger partial charge in [0.15, 0.2) is 0 Å². The summed E-state index contributed by atoms with van der Waals surface area (Å²) in [5, 5.41) is 10.8. The maximum absolute atomic E-state index is 12.1. The third-order valence-corrected chi connectivity index (χ3v) is 1.77. The highest BCUT2D eigenvalue weighted by Gasteiger charge is 2.32. The second-order valence-electron chi connectivity index (χ2n) is 3.06. The van der Waals surface area contributed by atoms with E-state index in [0.717, 1.165) is 6.07 Å². The monoisotopic (exact) mass is 261 g/mol. The van der Waals surface area contributed by atoms with Crippen LogP contribution < -0.4 is 14.6 Å². The van der Waals surface area contributed by atoms with Crippen molar-refractivity contribution in [1.29, 1.82) is 0 Å². The third kappa shape index (κ3) is 3.69. The van der Waals surface area contributed by atoms with Gasteiger partial charge in [-0.15, -0.1) is 13.2 Å². The van der Waals surface area contributed by atoms with Crippen LogP contribution in [0.4, 0.5) is 13.2 Å². The topological polar surface area (TPSA) is 58.6 Å². The molecule has 18 heavy (non-hydrogen) atoms. The number of carboxylic acids is 1. The summed E-state index contributed by atoms with van der Waals surface area (Å²) >= 11 is 0. The Morgan fingerprint density at radius 3 is 2.50 bits per heavy atom. The summed E-state index contributed by atoms with van der Waals surface area (Å²) in [5.74, 6) is -2.99. The van der Waals surface area contributed by atoms with Gasteiger partial charge in [-0.25, -0.2) is 0 Å². The number of benzene rings is 1. The standard InChI is InChI=1S/C11H9F3O4/c1-2-6-17-7-4-3-5-8(9(7)10(15)16)18-11(12,13)14/h2-5H,1,6H2,(H,15,16)/p-1. The van der Waals surface area contributed by atoms with Crippen LogP contribution in [0.3, 0.4) is 0 Å². The molecule has 1 aromatic carbocycles. The average molecular weight is 261 g/mol. The van der Waals surface area contributed by atoms with Gasteiger partial charge in [-0.2, -0.15) is 0 Å². The molecule has 98 valence electrons. The van der Waals surface area contributed by atoms with E-state index in [1.165, 1.54) is 18.2 Å². The number of alkyl halides is 3. The summed E-state index contributed by atoms with van der Waals surface area (Å²) in [6.07, 6.45) is -3.68. The van der Waals surface area contributed by atoms with E-state index in [-0.39, 0.29) is 12.4 Å². The predicted molar refractivity (Wildman–Crippen MR) is 53.1 cm³/mol. The fourth-order valence-corrected chi connectivity index (χ4v) is 1.19. The molecule has 4 nitrogen and oxygen atoms in total. The molecule has 0 amide bonds. The lowest BCUT2D eigenvalue weighted by Crippen LogP contribution is -2.26. The number of carbonyl (C=O) groups is 1. The van der Waals surface area contributed by atoms with Gasteiger partial charge in [0.25, 0.3) is 0 Å². The van der Waals surface area contributed by atoms with Gasteiger partial charge in [0, 0.05) is 0 Å². The van der Waals surface area contributed by atoms with Gasteiger partial charge < -0.3 is 19.4 Å². The summed E-state index contributed by atoms with van der Waals surface area (Å²) in [6, 6.07) is 3.23. The van der Waals surface area contributed by atoms with E-state index < -0.39 is 23.6 Å². The second kappa shape index (κ2) is 5.44. The quantitative estimate of drug-likeness (QED) is 0.754. The van der Waals surface area contributed by atoms with Crippen LogP contribution in [0.15, 0.2) is 30.9 Å². The zero-order valence-corrected chi connectivity index (χ0v) is 8.99. The lowest BCUT2D eigenvalue weighted by atomic mass is 10.2. The second-order valence-corrected chi connectivity index (χ2v) is 3.06. The molecular formula is C11H8F3O4-. The molecule has 0 N–H and O–H groups in total. The number of hydrogen-bond donors (Lipinski definition) is 0. The van der Waals surface area contributed by atoms with Crippen molar-refractivity contribution in [3.63, 3.8) is 0 Å². The Hall–Kier alpha value is -2.18. The first-order valence-corrected chi connectivity index (χ1v) is 4.69. The van der Waals surface area contributed by atoms with E-state index in [4.69, 9.17) is 4.74 Å². The van der Waals surface area contributed by atoms with Gasteiger partial charge in [0.2, 0.25) is 0 Å². The summed E-state index contributed by atoms with van der Waals surface area (Å²) < 4.78 is 44.7. The van der Waals surface area contributed by atoms with Gasteiger partial charge in [0.1, 0.15) is 18.1 Å². The molecule has 0 aliphatic carbocycles. The maximum atomic E-state index is 12.1. The smallest absolute Gasteiger partial charge is 0.545 e. The highest BCUT2D eigenvalue weighted by molar-refractivity contribution is 5.92. The van der Waals surface area contributed by atoms with Gasteiger partial charge >= 0.3 is 6.36 Å². The minimum Gasteiger partial charge on any atom is -0.545 e. The van der Waals surface area contributed by atoms with Gasteiger partial charge in [0.05, 0.1) is 11.5 Å². The van der Waals surface area contributed by atoms with Crippen molar-refractivity contribution in [3.8, 4) is 11.5 Å². The Kier molecular flexibility index (Phi) is 4.19. The van der Waals surface area contributed by atoms with E-state index in [0.29, 0.717) is 0 Å². The van der Waals surface area contributed by atoms with Crippen molar-refractivity contribution >= 4 is 5.97 Å². The fraction of sp³-hybridized carbons (Fsp3) is 0.182. The number of halogens is 3. The zero-order chi connectivity index (χ0) is 13.8. The lowest BCUT2D eigenvalue weighted by molar-refractivity contribution is -0.276. The molecule has 7 heteroatoms. The van der Waals surface area contributed by atoms with E-state index in [9.17, 15) is 23.1 Å². The fourth-order valence-electron chi connectivity index (χ4n) is 1.19. The number of aromatic carboxylic acids is 1. The largest absolute Gasteiger partial charge is 0.573 e. The normalized spacial score (nSPS) is 10.8. The Morgan fingerprint density at radius 2 is 2.00 bits per heavy atom. The highest BCUT2D eigenvalue weighted by atomic mass is 19.4. The number of carboxylic acid groups (broad SMARTS) is 1. The van der Waals surface area contributed by atoms with Gasteiger partial charge in [-0.1, -0.05) is 18.7 Å². The third-order valence-electron chi connectivity index (χ3n) is 1.77. The van der Waals surface area contributed by atoms with Crippen molar-refractivity contribution < 1.29 is 32.5 Å². The van der Waals surface area contributed by atoms with Crippen LogP contribution in [-0.2, 0) is 0 Å². The van der Waals surface area contributed by atoms with Crippen LogP contribution in [0.5, 0.6) is 11.5 Å². The highest BCUT2D eigenvalue weighted by Crippen LogP contribution is 2.32. The molecular weight excluding hydrogens is 253 g/mol. The molecule has 0 saturated heterocycles. The first-order chi connectivity index (χ1) is 8.35. The zero-order valence-electron chi connectivity index (χ0n) is 8.99. The molecule has 0 heterocycles. The Balaban J connectivity index is 3.17. The van der Waals surface area contributed by atoms with Crippen molar-refractivity contribution in [2.75, 3.05) is 6.61 Å². The molecule has 0 fully saturated rings. The van der Waals surface area contributed by atoms with Crippen molar-refractivity contribution in [3.05, 3.63) is 36.4 Å². The number of ether oxygens (including phenoxy) is 2. The lowest BCUT2D eigenvalue weighted by Gasteiger charge is -2.17. The maximum Gasteiger partial charge on any atom is 0.573 e. The Labute approximate surface area is 100 Å². The molecule has 0 aromatic heterocycles. The minimum atomic E-state index is -5.00. The molecule has 0 saturated carbocycles. The van der Waals surface area contributed by atoms with Crippen LogP contribution in [0.25, 0.3) is 0 Å². The SMILES string of the molecule is C=CCOc1cccc(OC(F)(F)F)c1C(=O)[O-]. The molecule has 0 spiro atoms. The number of rotatable bonds is 5. The molecule has 0 radical (unpaired) electrons. The van der Waals surface area contributed by atoms with Crippen molar-refractivity contribution in [1.82, 2.24) is 0 Å². The van der Waals surface area contributed by atoms with Gasteiger partial charge in [-0.3, -0.25) is 0 Å². The van der Waals surface area contributed by atoms with Crippen molar-refractivity contribution in [2.45, 2.75) is 6.36 Å². The Morgan fingerprint density at radius 1 is 1.39 bits per heavy atom. The summed E-state index contributed by atoms with van der Waals surface area (Å²) in [4.78, 5) is 10.8. The number of hydrogen-bond acceptors (Lipinski definition) is 4. The predicted octanol–water partition coefficient (Wildman–Crippen LogP) is 1.51. The molecule has 0 bridgehead atoms. The molecule has 0 aliphatic heterocycles. The first kappa shape index (κ1) is 13.9. The van der Waals surface area contributed by atoms with E-state index in [1.807, 2.05) is 0 Å². The van der Waals surface area contributed by atoms with Crippen LogP contribution in [0.1, 0.15) is 10.4 Å². The van der Waals surface area contributed by atoms with Crippen LogP contribution in [-0.4, -0.2) is 18.9 Å². The summed E-state index contributed by atoms with van der Waals surface area (Å²) in [6.45, 7) is 3.27. The van der Waals surface area contributed by atoms with Crippen molar-refractivity contribution in [2.24, 2.45) is 0 Å². The summed E-state index contributed by atoms with van der Waals surface area (Å²) in [5.41, 5.74) is -0.795. The molecule has 0 unspecified atom stereocenters. The molecule has 0 aliphatic rings. The van der Waals surface area contributed by atoms with Crippen LogP contribution in [0.2, 0.25) is 0 Å². The van der Waals surface area contributed by atoms with Gasteiger partial charge in [-0.05, 0) is 12.1 Å². The molecule has 0 atom stereocenters. The Bertz CT molecular complexity index is 454. The summed E-state index contributed by atoms with van der Waals surface area (Å²) in [7, 11) is 0. The molecule has 1 aromatic rings. The van der Waals surface area contributed by atoms with Crippen LogP contribution in [0, 0.1) is 0 Å². The van der Waals surface area contributed by atoms with Crippen LogP contribution >= 0.6 is 0 Å². The van der Waals surface area contributed by atoms with E-state index >= 15 is 0 Å². The minimum absolute atomic E-state index is 0.0598. The number of carbonyl (C=O) groups excluding carboxylic acids is 1.